The summed E-state index contributed by atoms with van der Waals surface area (Å²) in [5.41, 5.74) is 1.87. The van der Waals surface area contributed by atoms with E-state index in [0.717, 1.165) is 24.4 Å². The van der Waals surface area contributed by atoms with Crippen molar-refractivity contribution >= 4 is 12.1 Å². The standard InChI is InChI=1S/C33H49N3O5/c1-23(2)35-18-20-36(21-19-35)33(39)40-30-16-14-27(6)32(41-31(38)22-28(37)15-13-25(30)4)26(5)11-9-10-24(3)29-12-7-8-17-34-29/h7-12,14,16-17,23-25,27-28,30,32,37H,13,15,18-22H2,1-6H3/b10-9+,16-14+,26-11+/t24-,25+,27+,28-,30+,32-/m1/s1. The summed E-state index contributed by atoms with van der Waals surface area (Å²) in [7, 11) is 0. The summed E-state index contributed by atoms with van der Waals surface area (Å²) in [6.07, 6.45) is 10.6. The van der Waals surface area contributed by atoms with E-state index in [0.29, 0.717) is 32.0 Å². The topological polar surface area (TPSA) is 92.2 Å². The number of carbonyl (C=O) groups excluding carboxylic acids is 2. The van der Waals surface area contributed by atoms with Gasteiger partial charge in [0.15, 0.2) is 0 Å². The third kappa shape index (κ3) is 10.1. The van der Waals surface area contributed by atoms with Crippen molar-refractivity contribution in [2.75, 3.05) is 26.2 Å². The summed E-state index contributed by atoms with van der Waals surface area (Å²) in [6.45, 7) is 15.3. The maximum Gasteiger partial charge on any atom is 0.410 e. The molecule has 41 heavy (non-hydrogen) atoms. The van der Waals surface area contributed by atoms with E-state index >= 15 is 0 Å². The summed E-state index contributed by atoms with van der Waals surface area (Å²) in [5, 5.41) is 10.6. The highest BCUT2D eigenvalue weighted by Gasteiger charge is 2.29. The molecule has 3 heterocycles. The predicted molar refractivity (Wildman–Crippen MR) is 161 cm³/mol. The average molecular weight is 568 g/mol. The Morgan fingerprint density at radius 1 is 1.12 bits per heavy atom. The van der Waals surface area contributed by atoms with Gasteiger partial charge in [-0.3, -0.25) is 14.7 Å². The van der Waals surface area contributed by atoms with Crippen molar-refractivity contribution in [3.63, 3.8) is 0 Å². The van der Waals surface area contributed by atoms with E-state index in [4.69, 9.17) is 9.47 Å². The second-order valence-corrected chi connectivity index (χ2v) is 11.9. The molecule has 8 nitrogen and oxygen atoms in total. The van der Waals surface area contributed by atoms with Crippen LogP contribution in [0.3, 0.4) is 0 Å². The summed E-state index contributed by atoms with van der Waals surface area (Å²) < 4.78 is 11.9. The fraction of sp³-hybridized carbons (Fsp3) is 0.606. The van der Waals surface area contributed by atoms with E-state index in [1.807, 2.05) is 63.3 Å². The van der Waals surface area contributed by atoms with Gasteiger partial charge in [0.05, 0.1) is 12.5 Å². The van der Waals surface area contributed by atoms with E-state index in [9.17, 15) is 14.7 Å². The molecule has 2 aliphatic heterocycles. The van der Waals surface area contributed by atoms with Gasteiger partial charge in [0, 0.05) is 55.9 Å². The quantitative estimate of drug-likeness (QED) is 0.276. The van der Waals surface area contributed by atoms with Crippen LogP contribution < -0.4 is 0 Å². The Kier molecular flexibility index (Phi) is 12.6. The first-order valence-electron chi connectivity index (χ1n) is 15.1. The average Bonchev–Trinajstić information content (AvgIpc) is 2.96. The zero-order valence-corrected chi connectivity index (χ0v) is 25.6. The van der Waals surface area contributed by atoms with Crippen LogP contribution in [0.15, 0.2) is 60.3 Å². The summed E-state index contributed by atoms with van der Waals surface area (Å²) >= 11 is 0. The number of aromatic nitrogens is 1. The number of carbonyl (C=O) groups is 2. The molecule has 1 fully saturated rings. The molecule has 1 aromatic heterocycles. The number of pyridine rings is 1. The van der Waals surface area contributed by atoms with Gasteiger partial charge in [-0.2, -0.15) is 0 Å². The Balaban J connectivity index is 1.74. The van der Waals surface area contributed by atoms with Gasteiger partial charge in [-0.1, -0.05) is 51.1 Å². The molecule has 0 saturated carbocycles. The van der Waals surface area contributed by atoms with Gasteiger partial charge in [0.1, 0.15) is 12.2 Å². The minimum Gasteiger partial charge on any atom is -0.457 e. The number of hydrogen-bond donors (Lipinski definition) is 1. The van der Waals surface area contributed by atoms with Crippen molar-refractivity contribution < 1.29 is 24.2 Å². The smallest absolute Gasteiger partial charge is 0.410 e. The molecule has 1 N–H and O–H groups in total. The van der Waals surface area contributed by atoms with E-state index in [1.165, 1.54) is 0 Å². The van der Waals surface area contributed by atoms with Gasteiger partial charge in [0.25, 0.3) is 0 Å². The summed E-state index contributed by atoms with van der Waals surface area (Å²) in [4.78, 5) is 34.4. The Labute approximate surface area is 246 Å². The first-order chi connectivity index (χ1) is 19.5. The fourth-order valence-corrected chi connectivity index (χ4v) is 5.27. The van der Waals surface area contributed by atoms with E-state index in [-0.39, 0.29) is 30.3 Å². The van der Waals surface area contributed by atoms with E-state index in [2.05, 4.69) is 36.7 Å². The number of aliphatic hydroxyl groups is 1. The highest BCUT2D eigenvalue weighted by atomic mass is 16.6. The lowest BCUT2D eigenvalue weighted by atomic mass is 9.92. The van der Waals surface area contributed by atoms with Crippen molar-refractivity contribution in [3.05, 3.63) is 66.0 Å². The van der Waals surface area contributed by atoms with Crippen molar-refractivity contribution in [2.45, 2.75) is 91.1 Å². The van der Waals surface area contributed by atoms with Crippen LogP contribution in [-0.4, -0.2) is 82.5 Å². The Morgan fingerprint density at radius 2 is 1.85 bits per heavy atom. The van der Waals surface area contributed by atoms with Gasteiger partial charge < -0.3 is 19.5 Å². The SMILES string of the molecule is C/C(=C\C=C\[C@@H](C)c1ccccn1)[C@H]1OC(=O)C[C@H](O)CC[C@H](C)[C@@H](OC(=O)N2CCN(C(C)C)CC2)/C=C/[C@@H]1C. The van der Waals surface area contributed by atoms with Crippen LogP contribution in [0.2, 0.25) is 0 Å². The molecule has 226 valence electrons. The maximum atomic E-state index is 13.1. The number of esters is 1. The summed E-state index contributed by atoms with van der Waals surface area (Å²) in [6, 6.07) is 6.32. The molecule has 1 amide bonds. The van der Waals surface area contributed by atoms with E-state index < -0.39 is 24.3 Å². The van der Waals surface area contributed by atoms with Crippen LogP contribution in [0.4, 0.5) is 4.79 Å². The van der Waals surface area contributed by atoms with E-state index in [1.54, 1.807) is 11.1 Å². The predicted octanol–water partition coefficient (Wildman–Crippen LogP) is 5.50. The molecule has 0 aromatic carbocycles. The highest BCUT2D eigenvalue weighted by Crippen LogP contribution is 2.25. The lowest BCUT2D eigenvalue weighted by Gasteiger charge is -2.37. The Morgan fingerprint density at radius 3 is 2.51 bits per heavy atom. The van der Waals surface area contributed by atoms with Crippen molar-refractivity contribution in [3.8, 4) is 0 Å². The molecule has 8 heteroatoms. The third-order valence-corrected chi connectivity index (χ3v) is 8.16. The number of allylic oxidation sites excluding steroid dienone is 3. The third-order valence-electron chi connectivity index (χ3n) is 8.16. The second kappa shape index (κ2) is 15.9. The first kappa shape index (κ1) is 32.5. The van der Waals surface area contributed by atoms with Crippen molar-refractivity contribution in [1.82, 2.24) is 14.8 Å². The second-order valence-electron chi connectivity index (χ2n) is 11.9. The number of cyclic esters (lactones) is 1. The molecule has 3 rings (SSSR count). The number of hydrogen-bond acceptors (Lipinski definition) is 7. The molecule has 0 unspecified atom stereocenters. The molecule has 0 bridgehead atoms. The number of amides is 1. The lowest BCUT2D eigenvalue weighted by Crippen LogP contribution is -2.51. The number of rotatable bonds is 6. The van der Waals surface area contributed by atoms with Crippen molar-refractivity contribution in [1.29, 1.82) is 0 Å². The molecule has 1 saturated heterocycles. The molecule has 0 aliphatic carbocycles. The molecular weight excluding hydrogens is 518 g/mol. The minimum atomic E-state index is -0.812. The number of nitrogens with zero attached hydrogens (tertiary/aromatic N) is 3. The first-order valence-corrected chi connectivity index (χ1v) is 15.1. The molecule has 2 aliphatic rings. The maximum absolute atomic E-state index is 13.1. The molecule has 6 atom stereocenters. The zero-order chi connectivity index (χ0) is 29.9. The Hall–Kier alpha value is -2.97. The van der Waals surface area contributed by atoms with Gasteiger partial charge >= 0.3 is 12.1 Å². The number of piperazine rings is 1. The molecule has 0 radical (unpaired) electrons. The van der Waals surface area contributed by atoms with Gasteiger partial charge in [-0.15, -0.1) is 0 Å². The number of aliphatic hydroxyl groups excluding tert-OH is 1. The molecular formula is C33H49N3O5. The largest absolute Gasteiger partial charge is 0.457 e. The highest BCUT2D eigenvalue weighted by molar-refractivity contribution is 5.70. The zero-order valence-electron chi connectivity index (χ0n) is 25.6. The Bertz CT molecular complexity index is 1060. The van der Waals surface area contributed by atoms with Crippen LogP contribution in [-0.2, 0) is 14.3 Å². The van der Waals surface area contributed by atoms with Gasteiger partial charge in [-0.25, -0.2) is 4.79 Å². The van der Waals surface area contributed by atoms with Gasteiger partial charge in [-0.05, 0) is 63.3 Å². The normalized spacial score (nSPS) is 29.0. The molecule has 0 spiro atoms. The van der Waals surface area contributed by atoms with Crippen LogP contribution in [0, 0.1) is 11.8 Å². The fourth-order valence-electron chi connectivity index (χ4n) is 5.27. The lowest BCUT2D eigenvalue weighted by molar-refractivity contribution is -0.151. The van der Waals surface area contributed by atoms with Crippen LogP contribution in [0.5, 0.6) is 0 Å². The van der Waals surface area contributed by atoms with Crippen LogP contribution in [0.25, 0.3) is 0 Å². The van der Waals surface area contributed by atoms with Crippen LogP contribution in [0.1, 0.15) is 72.4 Å². The van der Waals surface area contributed by atoms with Crippen LogP contribution >= 0.6 is 0 Å². The molecule has 1 aromatic rings. The van der Waals surface area contributed by atoms with Crippen molar-refractivity contribution in [2.24, 2.45) is 11.8 Å². The monoisotopic (exact) mass is 567 g/mol. The van der Waals surface area contributed by atoms with Gasteiger partial charge in [0.2, 0.25) is 0 Å². The summed E-state index contributed by atoms with van der Waals surface area (Å²) in [5.74, 6) is -0.470. The minimum absolute atomic E-state index is 0.0180. The number of ether oxygens (including phenoxy) is 2.